The summed E-state index contributed by atoms with van der Waals surface area (Å²) in [5.74, 6) is -2.23. The average Bonchev–Trinajstić information content (AvgIpc) is 3.25. The van der Waals surface area contributed by atoms with E-state index in [1.165, 1.54) is 0 Å². The van der Waals surface area contributed by atoms with Crippen molar-refractivity contribution < 1.29 is 129 Å². The number of nitrogens with one attached hydrogen (secondary N) is 3. The molecule has 5 rings (SSSR count). The fraction of sp³-hybridized carbons (Fsp3) is 0.917. The van der Waals surface area contributed by atoms with Gasteiger partial charge in [0.1, 0.15) is 122 Å². The Morgan fingerprint density at radius 2 is 0.800 bits per heavy atom. The van der Waals surface area contributed by atoms with E-state index in [4.69, 9.17) is 42.6 Å². The zero-order chi connectivity index (χ0) is 48.2. The van der Waals surface area contributed by atoms with Crippen molar-refractivity contribution >= 4 is 17.7 Å². The molecule has 0 aromatic rings. The Hall–Kier alpha value is -2.51. The zero-order valence-corrected chi connectivity index (χ0v) is 35.1. The second kappa shape index (κ2) is 23.2. The van der Waals surface area contributed by atoms with Gasteiger partial charge in [0.25, 0.3) is 0 Å². The third-order valence-corrected chi connectivity index (χ3v) is 11.5. The normalized spacial score (nSPS) is 47.1. The standard InChI is InChI=1S/C36H61N3O26/c1-9(44)37-17-24(51)20(47)12(4-40)60-34(17)63-29-15(7-43)62-36(28(55)26(29)53)65-31-19(39-11(3)46)33(59-14(6-42)22(31)49)57-8-16-23(50)30(18(32(56)58-16)38-10(2)45)64-35-27(54)25(52)21(48)13(5-41)61-35/h12-36,40-43,47-56H,4-8H2,1-3H3,(H,37,44)(H,38,45)(H,39,46)/t12-,13-,14-,15-,16-,17-,18-,19-,20-,21+,22-,23+,24-,25+,26-,27-,28-,29+,30-,31-,32?,33-,34+,35+,36+/m1/s1. The molecule has 5 aliphatic rings. The van der Waals surface area contributed by atoms with Gasteiger partial charge in [-0.2, -0.15) is 0 Å². The van der Waals surface area contributed by atoms with E-state index >= 15 is 0 Å². The summed E-state index contributed by atoms with van der Waals surface area (Å²) in [4.78, 5) is 36.6. The highest BCUT2D eigenvalue weighted by Crippen LogP contribution is 2.34. The van der Waals surface area contributed by atoms with Gasteiger partial charge in [0.05, 0.1) is 33.0 Å². The Kier molecular flexibility index (Phi) is 19.1. The van der Waals surface area contributed by atoms with E-state index in [0.29, 0.717) is 0 Å². The van der Waals surface area contributed by atoms with Gasteiger partial charge in [0, 0.05) is 20.8 Å². The second-order valence-electron chi connectivity index (χ2n) is 16.2. The second-order valence-corrected chi connectivity index (χ2v) is 16.2. The predicted octanol–water partition coefficient (Wildman–Crippen LogP) is -11.5. The topological polar surface area (TPSA) is 454 Å². The van der Waals surface area contributed by atoms with E-state index < -0.39 is 204 Å². The van der Waals surface area contributed by atoms with Crippen molar-refractivity contribution in [2.45, 2.75) is 174 Å². The van der Waals surface area contributed by atoms with Crippen molar-refractivity contribution in [3.8, 4) is 0 Å². The highest BCUT2D eigenvalue weighted by molar-refractivity contribution is 5.74. The average molecular weight is 952 g/mol. The largest absolute Gasteiger partial charge is 0.394 e. The Morgan fingerprint density at radius 1 is 0.400 bits per heavy atom. The molecular weight excluding hydrogens is 890 g/mol. The van der Waals surface area contributed by atoms with E-state index in [9.17, 15) is 85.9 Å². The number of ether oxygens (including phenoxy) is 9. The maximum absolute atomic E-state index is 12.6. The smallest absolute Gasteiger partial charge is 0.217 e. The lowest BCUT2D eigenvalue weighted by Gasteiger charge is -2.49. The molecule has 25 atom stereocenters. The van der Waals surface area contributed by atoms with E-state index in [1.807, 2.05) is 0 Å². The van der Waals surface area contributed by atoms with E-state index in [2.05, 4.69) is 16.0 Å². The Labute approximate surface area is 369 Å². The van der Waals surface area contributed by atoms with Crippen molar-refractivity contribution in [3.05, 3.63) is 0 Å². The molecule has 0 aliphatic carbocycles. The molecule has 5 aliphatic heterocycles. The molecule has 29 heteroatoms. The lowest BCUT2D eigenvalue weighted by Crippen LogP contribution is -2.70. The first-order valence-corrected chi connectivity index (χ1v) is 20.6. The van der Waals surface area contributed by atoms with Crippen molar-refractivity contribution in [2.75, 3.05) is 33.0 Å². The van der Waals surface area contributed by atoms with Gasteiger partial charge in [-0.3, -0.25) is 14.4 Å². The van der Waals surface area contributed by atoms with Crippen molar-refractivity contribution in [1.29, 1.82) is 0 Å². The molecule has 0 spiro atoms. The summed E-state index contributed by atoms with van der Waals surface area (Å²) in [5.41, 5.74) is 0. The van der Waals surface area contributed by atoms with Gasteiger partial charge in [-0.25, -0.2) is 0 Å². The molecular formula is C36H61N3O26. The molecule has 17 N–H and O–H groups in total. The van der Waals surface area contributed by atoms with Crippen molar-refractivity contribution in [3.63, 3.8) is 0 Å². The van der Waals surface area contributed by atoms with Crippen molar-refractivity contribution in [2.24, 2.45) is 0 Å². The van der Waals surface area contributed by atoms with Gasteiger partial charge in [0.2, 0.25) is 17.7 Å². The number of hydrogen-bond donors (Lipinski definition) is 17. The monoisotopic (exact) mass is 951 g/mol. The van der Waals surface area contributed by atoms with E-state index in [1.54, 1.807) is 0 Å². The maximum Gasteiger partial charge on any atom is 0.217 e. The van der Waals surface area contributed by atoms with E-state index in [-0.39, 0.29) is 0 Å². The number of carbonyl (C=O) groups is 3. The van der Waals surface area contributed by atoms with Gasteiger partial charge in [-0.05, 0) is 0 Å². The zero-order valence-electron chi connectivity index (χ0n) is 35.1. The molecule has 65 heavy (non-hydrogen) atoms. The third kappa shape index (κ3) is 12.0. The van der Waals surface area contributed by atoms with Crippen LogP contribution in [0.5, 0.6) is 0 Å². The van der Waals surface area contributed by atoms with Gasteiger partial charge < -0.3 is 130 Å². The molecule has 5 heterocycles. The summed E-state index contributed by atoms with van der Waals surface area (Å²) < 4.78 is 51.3. The van der Waals surface area contributed by atoms with Crippen LogP contribution in [0.2, 0.25) is 0 Å². The number of aliphatic hydroxyl groups is 14. The summed E-state index contributed by atoms with van der Waals surface area (Å²) >= 11 is 0. The number of rotatable bonds is 16. The van der Waals surface area contributed by atoms with Gasteiger partial charge in [-0.15, -0.1) is 0 Å². The van der Waals surface area contributed by atoms with Gasteiger partial charge >= 0.3 is 0 Å². The van der Waals surface area contributed by atoms with Crippen LogP contribution in [0.1, 0.15) is 20.8 Å². The summed E-state index contributed by atoms with van der Waals surface area (Å²) in [7, 11) is 0. The Balaban J connectivity index is 1.34. The molecule has 376 valence electrons. The first kappa shape index (κ1) is 53.4. The third-order valence-electron chi connectivity index (χ3n) is 11.5. The highest BCUT2D eigenvalue weighted by atomic mass is 16.8. The van der Waals surface area contributed by atoms with Crippen LogP contribution >= 0.6 is 0 Å². The molecule has 0 aromatic heterocycles. The lowest BCUT2D eigenvalue weighted by molar-refractivity contribution is -0.368. The van der Waals surface area contributed by atoms with Crippen molar-refractivity contribution in [1.82, 2.24) is 16.0 Å². The van der Waals surface area contributed by atoms with Crippen LogP contribution in [0.3, 0.4) is 0 Å². The Bertz CT molecular complexity index is 1550. The molecule has 29 nitrogen and oxygen atoms in total. The summed E-state index contributed by atoms with van der Waals surface area (Å²) in [6.45, 7) is -1.17. The van der Waals surface area contributed by atoms with Crippen LogP contribution < -0.4 is 16.0 Å². The first-order valence-electron chi connectivity index (χ1n) is 20.6. The van der Waals surface area contributed by atoms with Crippen LogP contribution in [0.25, 0.3) is 0 Å². The molecule has 0 aromatic carbocycles. The minimum absolute atomic E-state index is 0.707. The Morgan fingerprint density at radius 3 is 1.34 bits per heavy atom. The molecule has 5 saturated heterocycles. The number of carbonyl (C=O) groups excluding carboxylic acids is 3. The molecule has 0 saturated carbocycles. The fourth-order valence-corrected chi connectivity index (χ4v) is 8.14. The molecule has 0 bridgehead atoms. The molecule has 1 unspecified atom stereocenters. The number of aliphatic hydroxyl groups excluding tert-OH is 14. The summed E-state index contributed by atoms with van der Waals surface area (Å²) in [6.07, 6.45) is -39.4. The van der Waals surface area contributed by atoms with Crippen LogP contribution in [-0.4, -0.2) is 276 Å². The molecule has 5 fully saturated rings. The fourth-order valence-electron chi connectivity index (χ4n) is 8.14. The first-order chi connectivity index (χ1) is 30.7. The van der Waals surface area contributed by atoms with Gasteiger partial charge in [0.15, 0.2) is 31.5 Å². The molecule has 3 amide bonds. The summed E-state index contributed by atoms with van der Waals surface area (Å²) in [5, 5.41) is 156. The lowest BCUT2D eigenvalue weighted by atomic mass is 9.94. The van der Waals surface area contributed by atoms with Gasteiger partial charge in [-0.1, -0.05) is 0 Å². The highest BCUT2D eigenvalue weighted by Gasteiger charge is 2.56. The number of hydrogen-bond acceptors (Lipinski definition) is 26. The SMILES string of the molecule is CC(=O)N[C@H]1[C@H](O[C@@H]2[C@H](O)[C@@H](O)[C@H](O[C@H]3[C@H](O)[C@@H](CO)O[C@@H](OC[C@H]4OC(O)[C@H](NC(C)=O)[C@@H](O[C@@H]5O[C@H](CO)[C@H](O)[C@H](O)[C@H]5O)[C@H]4O)[C@@H]3NC(C)=O)O[C@@H]2CO)O[C@H](CO)[C@@H](O)[C@@H]1O. The quantitative estimate of drug-likeness (QED) is 0.0683. The van der Waals surface area contributed by atoms with Crippen LogP contribution in [-0.2, 0) is 57.0 Å². The maximum atomic E-state index is 12.6. The van der Waals surface area contributed by atoms with Crippen LogP contribution in [0, 0.1) is 0 Å². The minimum Gasteiger partial charge on any atom is -0.394 e. The van der Waals surface area contributed by atoms with Crippen LogP contribution in [0.15, 0.2) is 0 Å². The number of amides is 3. The van der Waals surface area contributed by atoms with E-state index in [0.717, 1.165) is 20.8 Å². The summed E-state index contributed by atoms with van der Waals surface area (Å²) in [6, 6.07) is -4.70. The van der Waals surface area contributed by atoms with Crippen LogP contribution in [0.4, 0.5) is 0 Å². The molecule has 0 radical (unpaired) electrons. The predicted molar refractivity (Wildman–Crippen MR) is 201 cm³/mol. The minimum atomic E-state index is -2.13.